The van der Waals surface area contributed by atoms with Gasteiger partial charge in [-0.15, -0.1) is 0 Å². The Balaban J connectivity index is 1.55. The summed E-state index contributed by atoms with van der Waals surface area (Å²) in [6.07, 6.45) is -0.194. The highest BCUT2D eigenvalue weighted by atomic mass is 16.5. The fraction of sp³-hybridized carbons (Fsp3) is 0.217. The maximum atomic E-state index is 13.0. The van der Waals surface area contributed by atoms with Gasteiger partial charge < -0.3 is 14.7 Å². The van der Waals surface area contributed by atoms with Gasteiger partial charge in [0.1, 0.15) is 11.3 Å². The third-order valence-electron chi connectivity index (χ3n) is 5.16. The Kier molecular flexibility index (Phi) is 4.51. The number of anilines is 1. The first-order valence-electron chi connectivity index (χ1n) is 9.29. The van der Waals surface area contributed by atoms with Crippen molar-refractivity contribution in [2.45, 2.75) is 32.4 Å². The van der Waals surface area contributed by atoms with Crippen LogP contribution in [0.3, 0.4) is 0 Å². The van der Waals surface area contributed by atoms with Crippen LogP contribution in [0.2, 0.25) is 0 Å². The molecule has 3 aromatic rings. The summed E-state index contributed by atoms with van der Waals surface area (Å²) in [6, 6.07) is 18.3. The maximum absolute atomic E-state index is 13.0. The topological polar surface area (TPSA) is 66.8 Å². The van der Waals surface area contributed by atoms with E-state index in [9.17, 15) is 14.7 Å². The number of hydrogen-bond donors (Lipinski definition) is 1. The van der Waals surface area contributed by atoms with Crippen molar-refractivity contribution in [3.05, 3.63) is 71.8 Å². The Hall–Kier alpha value is -3.34. The van der Waals surface area contributed by atoms with Crippen LogP contribution in [-0.4, -0.2) is 29.1 Å². The molecule has 0 aliphatic carbocycles. The predicted octanol–water partition coefficient (Wildman–Crippen LogP) is 4.07. The van der Waals surface area contributed by atoms with E-state index < -0.39 is 12.1 Å². The molecule has 0 radical (unpaired) electrons. The summed E-state index contributed by atoms with van der Waals surface area (Å²) in [7, 11) is 0. The minimum Gasteiger partial charge on any atom is -0.507 e. The quantitative estimate of drug-likeness (QED) is 0.701. The first kappa shape index (κ1) is 18.0. The van der Waals surface area contributed by atoms with Gasteiger partial charge in [0.15, 0.2) is 6.10 Å². The van der Waals surface area contributed by atoms with Crippen molar-refractivity contribution < 1.29 is 19.4 Å². The SMILES string of the molecule is C[C@H](OC(=O)c1cc2ccccc2cc1O)C(=O)N1c2ccccc2C[C@@H]1C. The second-order valence-electron chi connectivity index (χ2n) is 7.15. The van der Waals surface area contributed by atoms with Gasteiger partial charge in [-0.2, -0.15) is 0 Å². The summed E-state index contributed by atoms with van der Waals surface area (Å²) >= 11 is 0. The lowest BCUT2D eigenvalue weighted by Gasteiger charge is -2.26. The van der Waals surface area contributed by atoms with Crippen LogP contribution in [0, 0.1) is 0 Å². The zero-order chi connectivity index (χ0) is 19.8. The molecule has 0 saturated carbocycles. The highest BCUT2D eigenvalue weighted by molar-refractivity contribution is 6.02. The van der Waals surface area contributed by atoms with Crippen molar-refractivity contribution in [2.24, 2.45) is 0 Å². The van der Waals surface area contributed by atoms with Gasteiger partial charge in [0.2, 0.25) is 0 Å². The highest BCUT2D eigenvalue weighted by Crippen LogP contribution is 2.33. The Morgan fingerprint density at radius 2 is 1.71 bits per heavy atom. The Bertz CT molecular complexity index is 1080. The molecule has 1 N–H and O–H groups in total. The molecule has 1 aliphatic rings. The largest absolute Gasteiger partial charge is 0.507 e. The van der Waals surface area contributed by atoms with Gasteiger partial charge in [-0.25, -0.2) is 4.79 Å². The van der Waals surface area contributed by atoms with E-state index in [1.54, 1.807) is 17.9 Å². The van der Waals surface area contributed by atoms with Gasteiger partial charge in [-0.05, 0) is 54.8 Å². The number of esters is 1. The fourth-order valence-corrected chi connectivity index (χ4v) is 3.76. The Labute approximate surface area is 163 Å². The lowest BCUT2D eigenvalue weighted by molar-refractivity contribution is -0.126. The van der Waals surface area contributed by atoms with Gasteiger partial charge in [0.25, 0.3) is 5.91 Å². The van der Waals surface area contributed by atoms with E-state index in [0.29, 0.717) is 0 Å². The molecule has 0 fully saturated rings. The number of carbonyl (C=O) groups excluding carboxylic acids is 2. The minimum absolute atomic E-state index is 0.000115. The van der Waals surface area contributed by atoms with Gasteiger partial charge in [0.05, 0.1) is 0 Å². The number of nitrogens with zero attached hydrogens (tertiary/aromatic N) is 1. The number of phenols is 1. The molecular weight excluding hydrogens is 354 g/mol. The summed E-state index contributed by atoms with van der Waals surface area (Å²) in [5.74, 6) is -1.15. The Morgan fingerprint density at radius 1 is 1.07 bits per heavy atom. The fourth-order valence-electron chi connectivity index (χ4n) is 3.76. The van der Waals surface area contributed by atoms with Gasteiger partial charge in [-0.1, -0.05) is 42.5 Å². The van der Waals surface area contributed by atoms with Crippen LogP contribution in [-0.2, 0) is 16.0 Å². The summed E-state index contributed by atoms with van der Waals surface area (Å²) in [6.45, 7) is 3.54. The highest BCUT2D eigenvalue weighted by Gasteiger charge is 2.34. The number of carbonyl (C=O) groups is 2. The second-order valence-corrected chi connectivity index (χ2v) is 7.15. The van der Waals surface area contributed by atoms with E-state index in [0.717, 1.165) is 28.4 Å². The van der Waals surface area contributed by atoms with E-state index in [-0.39, 0.29) is 23.3 Å². The molecule has 28 heavy (non-hydrogen) atoms. The van der Waals surface area contributed by atoms with Crippen molar-refractivity contribution in [3.63, 3.8) is 0 Å². The standard InChI is InChI=1S/C23H21NO4/c1-14-11-18-9-5-6-10-20(18)24(14)22(26)15(2)28-23(27)19-12-16-7-3-4-8-17(16)13-21(19)25/h3-10,12-15,25H,11H2,1-2H3/t14-,15-/m0/s1. The molecule has 2 atom stereocenters. The number of rotatable bonds is 3. The van der Waals surface area contributed by atoms with E-state index in [4.69, 9.17) is 4.74 Å². The van der Waals surface area contributed by atoms with Crippen LogP contribution < -0.4 is 4.90 Å². The first-order chi connectivity index (χ1) is 13.5. The van der Waals surface area contributed by atoms with Crippen LogP contribution >= 0.6 is 0 Å². The second kappa shape index (κ2) is 7.00. The van der Waals surface area contributed by atoms with Gasteiger partial charge >= 0.3 is 5.97 Å². The average Bonchev–Trinajstić information content (AvgIpc) is 3.02. The van der Waals surface area contributed by atoms with Crippen molar-refractivity contribution in [3.8, 4) is 5.75 Å². The molecule has 0 spiro atoms. The third kappa shape index (κ3) is 3.09. The molecule has 0 aromatic heterocycles. The third-order valence-corrected chi connectivity index (χ3v) is 5.16. The van der Waals surface area contributed by atoms with Crippen LogP contribution in [0.5, 0.6) is 5.75 Å². The van der Waals surface area contributed by atoms with Crippen molar-refractivity contribution in [2.75, 3.05) is 4.90 Å². The molecule has 3 aromatic carbocycles. The van der Waals surface area contributed by atoms with Crippen molar-refractivity contribution in [1.82, 2.24) is 0 Å². The molecule has 1 aliphatic heterocycles. The average molecular weight is 375 g/mol. The number of amides is 1. The zero-order valence-corrected chi connectivity index (χ0v) is 15.8. The summed E-state index contributed by atoms with van der Waals surface area (Å²) in [5.41, 5.74) is 2.01. The normalized spacial score (nSPS) is 16.6. The molecule has 1 amide bonds. The molecule has 0 saturated heterocycles. The van der Waals surface area contributed by atoms with E-state index in [1.807, 2.05) is 55.5 Å². The van der Waals surface area contributed by atoms with Gasteiger partial charge in [0, 0.05) is 11.7 Å². The zero-order valence-electron chi connectivity index (χ0n) is 15.8. The number of fused-ring (bicyclic) bond motifs is 2. The lowest BCUT2D eigenvalue weighted by atomic mass is 10.1. The van der Waals surface area contributed by atoms with E-state index in [1.165, 1.54) is 6.07 Å². The molecule has 1 heterocycles. The number of para-hydroxylation sites is 1. The molecule has 4 rings (SSSR count). The van der Waals surface area contributed by atoms with Crippen LogP contribution in [0.15, 0.2) is 60.7 Å². The molecular formula is C23H21NO4. The molecule has 5 nitrogen and oxygen atoms in total. The Morgan fingerprint density at radius 3 is 2.46 bits per heavy atom. The summed E-state index contributed by atoms with van der Waals surface area (Å²) in [4.78, 5) is 27.3. The molecule has 142 valence electrons. The van der Waals surface area contributed by atoms with E-state index >= 15 is 0 Å². The van der Waals surface area contributed by atoms with Crippen LogP contribution in [0.1, 0.15) is 29.8 Å². The van der Waals surface area contributed by atoms with E-state index in [2.05, 4.69) is 0 Å². The number of aromatic hydroxyl groups is 1. The predicted molar refractivity (Wildman–Crippen MR) is 108 cm³/mol. The smallest absolute Gasteiger partial charge is 0.342 e. The van der Waals surface area contributed by atoms with Crippen LogP contribution in [0.4, 0.5) is 5.69 Å². The monoisotopic (exact) mass is 375 g/mol. The first-order valence-corrected chi connectivity index (χ1v) is 9.29. The minimum atomic E-state index is -0.966. The summed E-state index contributed by atoms with van der Waals surface area (Å²) in [5, 5.41) is 11.9. The van der Waals surface area contributed by atoms with Crippen molar-refractivity contribution >= 4 is 28.3 Å². The maximum Gasteiger partial charge on any atom is 0.342 e. The number of ether oxygens (including phenoxy) is 1. The molecule has 0 bridgehead atoms. The number of benzene rings is 3. The molecule has 5 heteroatoms. The van der Waals surface area contributed by atoms with Gasteiger partial charge in [-0.3, -0.25) is 4.79 Å². The number of phenolic OH excluding ortho intramolecular Hbond substituents is 1. The molecule has 0 unspecified atom stereocenters. The van der Waals surface area contributed by atoms with Crippen LogP contribution in [0.25, 0.3) is 10.8 Å². The lowest BCUT2D eigenvalue weighted by Crippen LogP contribution is -2.43. The summed E-state index contributed by atoms with van der Waals surface area (Å²) < 4.78 is 5.41. The number of hydrogen-bond acceptors (Lipinski definition) is 4. The van der Waals surface area contributed by atoms with Crippen molar-refractivity contribution in [1.29, 1.82) is 0 Å².